The van der Waals surface area contributed by atoms with E-state index in [2.05, 4.69) is 10.3 Å². The predicted molar refractivity (Wildman–Crippen MR) is 122 cm³/mol. The highest BCUT2D eigenvalue weighted by atomic mass is 16.5. The molecule has 1 aliphatic heterocycles. The quantitative estimate of drug-likeness (QED) is 0.543. The molecule has 1 aromatic rings. The summed E-state index contributed by atoms with van der Waals surface area (Å²) in [6, 6.07) is 8.86. The van der Waals surface area contributed by atoms with Gasteiger partial charge in [-0.25, -0.2) is 4.79 Å². The van der Waals surface area contributed by atoms with Gasteiger partial charge in [0.2, 0.25) is 11.9 Å². The highest BCUT2D eigenvalue weighted by molar-refractivity contribution is 6.01. The van der Waals surface area contributed by atoms with Crippen molar-refractivity contribution in [2.75, 3.05) is 13.5 Å². The molecule has 1 heterocycles. The molecule has 2 amide bonds. The molecule has 0 bridgehead atoms. The fourth-order valence-electron chi connectivity index (χ4n) is 3.01. The van der Waals surface area contributed by atoms with Gasteiger partial charge in [-0.2, -0.15) is 0 Å². The van der Waals surface area contributed by atoms with Crippen LogP contribution in [0.25, 0.3) is 0 Å². The minimum Gasteiger partial charge on any atom is -0.461 e. The van der Waals surface area contributed by atoms with Crippen LogP contribution in [0, 0.1) is 0 Å². The predicted octanol–water partition coefficient (Wildman–Crippen LogP) is 3.96. The average molecular weight is 447 g/mol. The molecule has 1 atom stereocenters. The number of allylic oxidation sites excluding steroid dienone is 1. The summed E-state index contributed by atoms with van der Waals surface area (Å²) in [6.45, 7) is -1.68. The van der Waals surface area contributed by atoms with Crippen molar-refractivity contribution in [1.82, 2.24) is 10.2 Å². The van der Waals surface area contributed by atoms with Crippen LogP contribution in [0.15, 0.2) is 47.5 Å². The van der Waals surface area contributed by atoms with Crippen LogP contribution in [0.4, 0.5) is 4.79 Å². The Kier molecular flexibility index (Phi) is 9.07. The molecule has 0 fully saturated rings. The van der Waals surface area contributed by atoms with Gasteiger partial charge in [0.15, 0.2) is 0 Å². The maximum atomic E-state index is 12.7. The van der Waals surface area contributed by atoms with Crippen molar-refractivity contribution in [3.05, 3.63) is 48.0 Å². The summed E-state index contributed by atoms with van der Waals surface area (Å²) >= 11 is 0. The van der Waals surface area contributed by atoms with E-state index < -0.39 is 43.6 Å². The second-order valence-electron chi connectivity index (χ2n) is 7.46. The molecule has 1 aromatic carbocycles. The van der Waals surface area contributed by atoms with Gasteiger partial charge >= 0.3 is 12.1 Å². The Labute approximate surface area is 193 Å². The molecule has 174 valence electrons. The summed E-state index contributed by atoms with van der Waals surface area (Å²) in [6.07, 6.45) is 6.48. The summed E-state index contributed by atoms with van der Waals surface area (Å²) in [5.74, 6) is -1.91. The zero-order chi connectivity index (χ0) is 25.7. The third-order valence-corrected chi connectivity index (χ3v) is 4.71. The number of hydrogen-bond donors (Lipinski definition) is 1. The first kappa shape index (κ1) is 20.7. The van der Waals surface area contributed by atoms with Crippen LogP contribution >= 0.6 is 0 Å². The molecule has 0 radical (unpaired) electrons. The number of amides is 2. The van der Waals surface area contributed by atoms with E-state index in [4.69, 9.17) is 13.6 Å². The van der Waals surface area contributed by atoms with E-state index in [9.17, 15) is 14.4 Å². The second kappa shape index (κ2) is 14.0. The third kappa shape index (κ3) is 9.76. The number of nitrogens with zero attached hydrogens (tertiary/aromatic N) is 2. The number of likely N-dealkylation sites (N-methyl/N-ethyl adjacent to an activating group) is 1. The van der Waals surface area contributed by atoms with Crippen LogP contribution in [-0.2, 0) is 25.7 Å². The summed E-state index contributed by atoms with van der Waals surface area (Å²) in [5, 5.41) is 2.37. The van der Waals surface area contributed by atoms with Crippen molar-refractivity contribution >= 4 is 23.9 Å². The summed E-state index contributed by atoms with van der Waals surface area (Å²) in [4.78, 5) is 41.8. The summed E-state index contributed by atoms with van der Waals surface area (Å²) in [7, 11) is 0. The number of carbonyl (C=O) groups is 3. The van der Waals surface area contributed by atoms with Gasteiger partial charge in [-0.05, 0) is 24.8 Å². The Morgan fingerprint density at radius 1 is 1.31 bits per heavy atom. The monoisotopic (exact) mass is 446 g/mol. The molecule has 1 aliphatic rings. The molecule has 0 spiro atoms. The number of hydrogen-bond acceptors (Lipinski definition) is 5. The van der Waals surface area contributed by atoms with E-state index in [-0.39, 0.29) is 13.0 Å². The Balaban J connectivity index is 2.28. The SMILES string of the molecule is [2H]C([2H])([2H])N1CC(=O)OC(CCCC)C/C=C\CCCC(=O)N/C1=N/C(=O)OCc1ccccc1. The molecule has 1 N–H and O–H groups in total. The number of cyclic esters (lactones) is 1. The lowest BCUT2D eigenvalue weighted by Gasteiger charge is -2.23. The first-order valence-corrected chi connectivity index (χ1v) is 10.9. The van der Waals surface area contributed by atoms with E-state index >= 15 is 0 Å². The van der Waals surface area contributed by atoms with Gasteiger partial charge in [-0.15, -0.1) is 4.99 Å². The fraction of sp³-hybridized carbons (Fsp3) is 0.500. The number of benzene rings is 1. The van der Waals surface area contributed by atoms with Crippen LogP contribution in [-0.4, -0.2) is 48.5 Å². The number of rotatable bonds is 5. The van der Waals surface area contributed by atoms with E-state index in [1.54, 1.807) is 24.3 Å². The average Bonchev–Trinajstić information content (AvgIpc) is 2.80. The second-order valence-corrected chi connectivity index (χ2v) is 7.46. The minimum absolute atomic E-state index is 0.0843. The Morgan fingerprint density at radius 2 is 2.12 bits per heavy atom. The Morgan fingerprint density at radius 3 is 2.88 bits per heavy atom. The Hall–Kier alpha value is -3.16. The van der Waals surface area contributed by atoms with Crippen LogP contribution in [0.3, 0.4) is 0 Å². The molecule has 1 unspecified atom stereocenters. The third-order valence-electron chi connectivity index (χ3n) is 4.71. The van der Waals surface area contributed by atoms with Crippen LogP contribution in [0.2, 0.25) is 0 Å². The lowest BCUT2D eigenvalue weighted by molar-refractivity contribution is -0.149. The van der Waals surface area contributed by atoms with Gasteiger partial charge in [0.05, 0.1) is 0 Å². The van der Waals surface area contributed by atoms with Gasteiger partial charge in [0, 0.05) is 23.9 Å². The van der Waals surface area contributed by atoms with Gasteiger partial charge in [0.1, 0.15) is 19.3 Å². The van der Waals surface area contributed by atoms with E-state index in [1.807, 2.05) is 25.1 Å². The van der Waals surface area contributed by atoms with Crippen molar-refractivity contribution in [2.45, 2.75) is 64.6 Å². The van der Waals surface area contributed by atoms with Crippen molar-refractivity contribution in [1.29, 1.82) is 0 Å². The topological polar surface area (TPSA) is 97.3 Å². The number of carbonyl (C=O) groups excluding carboxylic acids is 3. The van der Waals surface area contributed by atoms with Gasteiger partial charge < -0.3 is 14.4 Å². The zero-order valence-electron chi connectivity index (χ0n) is 21.4. The highest BCUT2D eigenvalue weighted by Crippen LogP contribution is 2.12. The summed E-state index contributed by atoms with van der Waals surface area (Å²) in [5.41, 5.74) is 0.707. The largest absolute Gasteiger partial charge is 0.461 e. The van der Waals surface area contributed by atoms with Gasteiger partial charge in [-0.3, -0.25) is 14.9 Å². The first-order chi connectivity index (χ1) is 16.7. The van der Waals surface area contributed by atoms with Gasteiger partial charge in [0.25, 0.3) is 0 Å². The van der Waals surface area contributed by atoms with Crippen molar-refractivity contribution in [3.63, 3.8) is 0 Å². The molecular weight excluding hydrogens is 410 g/mol. The number of esters is 1. The van der Waals surface area contributed by atoms with Crippen LogP contribution in [0.1, 0.15) is 61.5 Å². The molecule has 8 heteroatoms. The van der Waals surface area contributed by atoms with E-state index in [1.165, 1.54) is 0 Å². The highest BCUT2D eigenvalue weighted by Gasteiger charge is 2.20. The number of guanidine groups is 1. The molecule has 0 saturated heterocycles. The first-order valence-electron chi connectivity index (χ1n) is 12.4. The van der Waals surface area contributed by atoms with Gasteiger partial charge in [-0.1, -0.05) is 62.2 Å². The summed E-state index contributed by atoms with van der Waals surface area (Å²) < 4.78 is 34.3. The number of ether oxygens (including phenoxy) is 2. The molecule has 2 rings (SSSR count). The van der Waals surface area contributed by atoms with Crippen molar-refractivity contribution in [2.24, 2.45) is 4.99 Å². The molecule has 0 aromatic heterocycles. The fourth-order valence-corrected chi connectivity index (χ4v) is 3.01. The number of aliphatic imine (C=N–C) groups is 1. The number of unbranched alkanes of at least 4 members (excludes halogenated alkanes) is 1. The molecule has 0 aliphatic carbocycles. The van der Waals surface area contributed by atoms with Crippen molar-refractivity contribution < 1.29 is 28.0 Å². The van der Waals surface area contributed by atoms with Crippen LogP contribution < -0.4 is 5.32 Å². The van der Waals surface area contributed by atoms with Crippen LogP contribution in [0.5, 0.6) is 0 Å². The van der Waals surface area contributed by atoms with E-state index in [0.29, 0.717) is 36.1 Å². The normalized spacial score (nSPS) is 22.5. The zero-order valence-corrected chi connectivity index (χ0v) is 18.4. The smallest absolute Gasteiger partial charge is 0.437 e. The van der Waals surface area contributed by atoms with E-state index in [0.717, 1.165) is 12.8 Å². The minimum atomic E-state index is -2.89. The van der Waals surface area contributed by atoms with Crippen molar-refractivity contribution in [3.8, 4) is 0 Å². The number of nitrogens with one attached hydrogen (secondary N) is 1. The molecule has 0 saturated carbocycles. The molecule has 8 nitrogen and oxygen atoms in total. The maximum absolute atomic E-state index is 12.7. The maximum Gasteiger partial charge on any atom is 0.437 e. The molecular formula is C24H33N3O5. The lowest BCUT2D eigenvalue weighted by atomic mass is 10.1. The molecule has 32 heavy (non-hydrogen) atoms. The Bertz CT molecular complexity index is 903. The standard InChI is InChI=1S/C24H33N3O5/c1-3-4-14-20-15-10-5-6-11-16-21(28)25-23(27(2)17-22(29)32-20)26-24(30)31-18-19-12-8-7-9-13-19/h5,7-10,12-13,20H,3-4,6,11,14-18H2,1-2H3,(H,25,26,28,30)/b10-5-/i2D3. The lowest BCUT2D eigenvalue weighted by Crippen LogP contribution is -2.45.